The van der Waals surface area contributed by atoms with Gasteiger partial charge in [0, 0.05) is 36.0 Å². The Morgan fingerprint density at radius 3 is 2.60 bits per heavy atom. The summed E-state index contributed by atoms with van der Waals surface area (Å²) in [7, 11) is 0.444. The Hall–Kier alpha value is -1.69. The number of rotatable bonds is 6. The fourth-order valence-corrected chi connectivity index (χ4v) is 4.36. The summed E-state index contributed by atoms with van der Waals surface area (Å²) in [6, 6.07) is 9.43. The second kappa shape index (κ2) is 7.68. The van der Waals surface area contributed by atoms with Crippen LogP contribution in [0.5, 0.6) is 0 Å². The number of hydrogen-bond acceptors (Lipinski definition) is 3. The molecule has 0 bridgehead atoms. The number of ether oxygens (including phenoxy) is 1. The van der Waals surface area contributed by atoms with Crippen LogP contribution in [0.25, 0.3) is 10.9 Å². The van der Waals surface area contributed by atoms with Crippen LogP contribution in [-0.4, -0.2) is 27.5 Å². The van der Waals surface area contributed by atoms with Crippen LogP contribution in [0.1, 0.15) is 16.8 Å². The van der Waals surface area contributed by atoms with Crippen LogP contribution < -0.4 is 0 Å². The zero-order valence-corrected chi connectivity index (χ0v) is 16.2. The number of methoxy groups -OCH3 is 1. The van der Waals surface area contributed by atoms with Gasteiger partial charge in [-0.15, -0.1) is 0 Å². The largest absolute Gasteiger partial charge is 0.383 e. The van der Waals surface area contributed by atoms with Crippen LogP contribution in [0.2, 0.25) is 5.02 Å². The Labute approximate surface area is 155 Å². The number of aryl methyl sites for hydroxylation is 1. The molecule has 1 unspecified atom stereocenters. The smallest absolute Gasteiger partial charge is 0.151 e. The number of benzene rings is 1. The summed E-state index contributed by atoms with van der Waals surface area (Å²) < 4.78 is 20.4. The van der Waals surface area contributed by atoms with Gasteiger partial charge in [0.05, 0.1) is 28.7 Å². The van der Waals surface area contributed by atoms with Crippen molar-refractivity contribution in [3.8, 4) is 0 Å². The average Bonchev–Trinajstić information content (AvgIpc) is 2.86. The first-order chi connectivity index (χ1) is 12.0. The molecule has 0 amide bonds. The highest BCUT2D eigenvalue weighted by atomic mass is 35.5. The first-order valence-electron chi connectivity index (χ1n) is 8.09. The summed E-state index contributed by atoms with van der Waals surface area (Å²) in [5, 5.41) is 2.40. The van der Waals surface area contributed by atoms with Gasteiger partial charge in [0.15, 0.2) is 5.03 Å². The standard InChI is InChI=1S/C19H21ClN2O2S/c1-13-14(2)22(10-11-24-3)18-17(13)8-9-21-19(18)25(23)12-15-4-6-16(20)7-5-15/h4-9H,10-12H2,1-3H3. The maximum atomic E-state index is 13.0. The van der Waals surface area contributed by atoms with E-state index in [0.717, 1.165) is 22.2 Å². The average molecular weight is 377 g/mol. The zero-order chi connectivity index (χ0) is 18.0. The van der Waals surface area contributed by atoms with E-state index in [2.05, 4.69) is 23.4 Å². The van der Waals surface area contributed by atoms with Crippen LogP contribution in [-0.2, 0) is 27.8 Å². The van der Waals surface area contributed by atoms with Gasteiger partial charge in [0.1, 0.15) is 0 Å². The summed E-state index contributed by atoms with van der Waals surface area (Å²) in [6.07, 6.45) is 1.74. The van der Waals surface area contributed by atoms with Crippen molar-refractivity contribution in [2.75, 3.05) is 13.7 Å². The second-order valence-electron chi connectivity index (χ2n) is 5.98. The van der Waals surface area contributed by atoms with Gasteiger partial charge in [0.2, 0.25) is 0 Å². The lowest BCUT2D eigenvalue weighted by Gasteiger charge is -2.10. The number of aromatic nitrogens is 2. The molecule has 0 aliphatic carbocycles. The lowest BCUT2D eigenvalue weighted by atomic mass is 10.2. The molecule has 25 heavy (non-hydrogen) atoms. The van der Waals surface area contributed by atoms with Crippen molar-refractivity contribution in [3.05, 3.63) is 58.4 Å². The quantitative estimate of drug-likeness (QED) is 0.645. The molecule has 3 rings (SSSR count). The third-order valence-electron chi connectivity index (χ3n) is 4.46. The molecule has 2 heterocycles. The summed E-state index contributed by atoms with van der Waals surface area (Å²) in [5.74, 6) is 0.414. The molecule has 0 spiro atoms. The molecule has 0 aliphatic rings. The first-order valence-corrected chi connectivity index (χ1v) is 9.78. The molecule has 0 radical (unpaired) electrons. The third-order valence-corrected chi connectivity index (χ3v) is 6.04. The Morgan fingerprint density at radius 1 is 1.20 bits per heavy atom. The summed E-state index contributed by atoms with van der Waals surface area (Å²) in [6.45, 7) is 5.48. The number of fused-ring (bicyclic) bond motifs is 1. The van der Waals surface area contributed by atoms with Crippen LogP contribution >= 0.6 is 11.6 Å². The van der Waals surface area contributed by atoms with Crippen LogP contribution in [0, 0.1) is 13.8 Å². The third kappa shape index (κ3) is 3.64. The molecule has 0 N–H and O–H groups in total. The number of halogens is 1. The maximum absolute atomic E-state index is 13.0. The van der Waals surface area contributed by atoms with Crippen molar-refractivity contribution >= 4 is 33.3 Å². The Balaban J connectivity index is 2.04. The topological polar surface area (TPSA) is 44.1 Å². The predicted octanol–water partition coefficient (Wildman–Crippen LogP) is 4.26. The number of nitrogens with zero attached hydrogens (tertiary/aromatic N) is 2. The van der Waals surface area contributed by atoms with Gasteiger partial charge in [0.25, 0.3) is 0 Å². The molecule has 1 aromatic carbocycles. The Morgan fingerprint density at radius 2 is 1.92 bits per heavy atom. The van der Waals surface area contributed by atoms with E-state index in [4.69, 9.17) is 16.3 Å². The van der Waals surface area contributed by atoms with Crippen molar-refractivity contribution in [3.63, 3.8) is 0 Å². The molecule has 4 nitrogen and oxygen atoms in total. The normalized spacial score (nSPS) is 12.6. The predicted molar refractivity (Wildman–Crippen MR) is 103 cm³/mol. The van der Waals surface area contributed by atoms with Gasteiger partial charge in [-0.1, -0.05) is 23.7 Å². The molecule has 3 aromatic rings. The maximum Gasteiger partial charge on any atom is 0.151 e. The van der Waals surface area contributed by atoms with E-state index >= 15 is 0 Å². The van der Waals surface area contributed by atoms with Crippen molar-refractivity contribution < 1.29 is 8.95 Å². The lowest BCUT2D eigenvalue weighted by molar-refractivity contribution is 0.188. The highest BCUT2D eigenvalue weighted by Crippen LogP contribution is 2.29. The van der Waals surface area contributed by atoms with Crippen LogP contribution in [0.4, 0.5) is 0 Å². The molecule has 0 saturated carbocycles. The van der Waals surface area contributed by atoms with Crippen molar-refractivity contribution in [2.24, 2.45) is 0 Å². The minimum atomic E-state index is -1.24. The molecule has 0 fully saturated rings. The minimum absolute atomic E-state index is 0.414. The van der Waals surface area contributed by atoms with E-state index in [1.165, 1.54) is 5.56 Å². The van der Waals surface area contributed by atoms with Crippen LogP contribution in [0.15, 0.2) is 41.6 Å². The molecular formula is C19H21ClN2O2S. The molecule has 132 valence electrons. The van der Waals surface area contributed by atoms with Gasteiger partial charge in [-0.2, -0.15) is 0 Å². The summed E-state index contributed by atoms with van der Waals surface area (Å²) >= 11 is 5.93. The summed E-state index contributed by atoms with van der Waals surface area (Å²) in [4.78, 5) is 4.46. The Bertz CT molecular complexity index is 919. The lowest BCUT2D eigenvalue weighted by Crippen LogP contribution is -2.09. The second-order valence-corrected chi connectivity index (χ2v) is 7.79. The fourth-order valence-electron chi connectivity index (χ4n) is 2.99. The van der Waals surface area contributed by atoms with E-state index in [0.29, 0.717) is 29.0 Å². The zero-order valence-electron chi connectivity index (χ0n) is 14.6. The van der Waals surface area contributed by atoms with Gasteiger partial charge in [-0.3, -0.25) is 4.21 Å². The van der Waals surface area contributed by atoms with E-state index in [-0.39, 0.29) is 0 Å². The number of hydrogen-bond donors (Lipinski definition) is 0. The van der Waals surface area contributed by atoms with Gasteiger partial charge < -0.3 is 9.30 Å². The Kier molecular flexibility index (Phi) is 5.57. The highest BCUT2D eigenvalue weighted by Gasteiger charge is 2.19. The van der Waals surface area contributed by atoms with E-state index in [1.807, 2.05) is 30.3 Å². The summed E-state index contributed by atoms with van der Waals surface area (Å²) in [5.41, 5.74) is 4.27. The van der Waals surface area contributed by atoms with E-state index in [1.54, 1.807) is 13.3 Å². The molecule has 6 heteroatoms. The van der Waals surface area contributed by atoms with Gasteiger partial charge in [-0.25, -0.2) is 4.98 Å². The monoisotopic (exact) mass is 376 g/mol. The van der Waals surface area contributed by atoms with E-state index < -0.39 is 10.8 Å². The van der Waals surface area contributed by atoms with Crippen LogP contribution in [0.3, 0.4) is 0 Å². The minimum Gasteiger partial charge on any atom is -0.383 e. The molecular weight excluding hydrogens is 356 g/mol. The van der Waals surface area contributed by atoms with Crippen molar-refractivity contribution in [2.45, 2.75) is 31.2 Å². The van der Waals surface area contributed by atoms with E-state index in [9.17, 15) is 4.21 Å². The first kappa shape index (κ1) is 18.1. The van der Waals surface area contributed by atoms with Gasteiger partial charge in [-0.05, 0) is 43.2 Å². The molecule has 2 aromatic heterocycles. The SMILES string of the molecule is COCCn1c(C)c(C)c2ccnc(S(=O)Cc3ccc(Cl)cc3)c21. The highest BCUT2D eigenvalue weighted by molar-refractivity contribution is 7.84. The fraction of sp³-hybridized carbons (Fsp3) is 0.316. The molecule has 1 atom stereocenters. The van der Waals surface area contributed by atoms with Crippen molar-refractivity contribution in [1.29, 1.82) is 0 Å². The molecule has 0 aliphatic heterocycles. The van der Waals surface area contributed by atoms with Crippen molar-refractivity contribution in [1.82, 2.24) is 9.55 Å². The molecule has 0 saturated heterocycles. The number of pyridine rings is 1. The van der Waals surface area contributed by atoms with Gasteiger partial charge >= 0.3 is 0 Å².